The zero-order valence-electron chi connectivity index (χ0n) is 29.8. The molecule has 0 aliphatic rings. The zero-order chi connectivity index (χ0) is 34.9. The van der Waals surface area contributed by atoms with Crippen LogP contribution in [0.15, 0.2) is 54.1 Å². The molecule has 47 heavy (non-hydrogen) atoms. The normalized spacial score (nSPS) is 10.9. The van der Waals surface area contributed by atoms with Crippen LogP contribution in [0.4, 0.5) is 11.4 Å². The zero-order valence-corrected chi connectivity index (χ0v) is 29.8. The third-order valence-corrected chi connectivity index (χ3v) is 8.46. The van der Waals surface area contributed by atoms with Gasteiger partial charge in [-0.15, -0.1) is 0 Å². The summed E-state index contributed by atoms with van der Waals surface area (Å²) >= 11 is 0. The second-order valence-corrected chi connectivity index (χ2v) is 12.0. The lowest BCUT2D eigenvalue weighted by molar-refractivity contribution is 0.0954. The van der Waals surface area contributed by atoms with Crippen LogP contribution in [-0.2, 0) is 4.74 Å². The van der Waals surface area contributed by atoms with Gasteiger partial charge in [0.15, 0.2) is 0 Å². The molecule has 0 radical (unpaired) electrons. The summed E-state index contributed by atoms with van der Waals surface area (Å²) in [6.45, 7) is 16.3. The van der Waals surface area contributed by atoms with Crippen molar-refractivity contribution in [1.82, 2.24) is 0 Å². The minimum atomic E-state index is -0.336. The van der Waals surface area contributed by atoms with Gasteiger partial charge in [0.2, 0.25) is 0 Å². The summed E-state index contributed by atoms with van der Waals surface area (Å²) < 4.78 is 6.01. The van der Waals surface area contributed by atoms with E-state index in [4.69, 9.17) is 4.74 Å². The van der Waals surface area contributed by atoms with Crippen LogP contribution >= 0.6 is 0 Å². The van der Waals surface area contributed by atoms with Crippen LogP contribution in [0, 0.1) is 45.8 Å². The van der Waals surface area contributed by atoms with Crippen LogP contribution in [0.3, 0.4) is 0 Å². The Hall–Kier alpha value is -4.12. The van der Waals surface area contributed by atoms with Gasteiger partial charge in [-0.25, -0.2) is 0 Å². The van der Waals surface area contributed by atoms with Crippen molar-refractivity contribution in [3.05, 3.63) is 65.2 Å². The van der Waals surface area contributed by atoms with Gasteiger partial charge in [-0.1, -0.05) is 111 Å². The molecule has 0 heterocycles. The lowest BCUT2D eigenvalue weighted by Crippen LogP contribution is -2.31. The summed E-state index contributed by atoms with van der Waals surface area (Å²) in [5, 5.41) is 31.8. The molecular weight excluding hydrogens is 582 g/mol. The van der Waals surface area contributed by atoms with Gasteiger partial charge in [0.25, 0.3) is 5.91 Å². The third kappa shape index (κ3) is 14.9. The van der Waals surface area contributed by atoms with Gasteiger partial charge in [0, 0.05) is 43.1 Å². The summed E-state index contributed by atoms with van der Waals surface area (Å²) in [6.07, 6.45) is 11.7. The molecule has 2 rings (SSSR count). The predicted octanol–water partition coefficient (Wildman–Crippen LogP) is 10.3. The highest BCUT2D eigenvalue weighted by Crippen LogP contribution is 2.32. The predicted molar refractivity (Wildman–Crippen MR) is 195 cm³/mol. The molecule has 7 heteroatoms. The van der Waals surface area contributed by atoms with Crippen LogP contribution in [-0.4, -0.2) is 32.2 Å². The molecule has 7 nitrogen and oxygen atoms in total. The first-order valence-electron chi connectivity index (χ1n) is 17.6. The van der Waals surface area contributed by atoms with Gasteiger partial charge in [0.1, 0.15) is 23.8 Å². The van der Waals surface area contributed by atoms with Crippen molar-refractivity contribution >= 4 is 22.9 Å². The largest absolute Gasteiger partial charge is 0.381 e. The Morgan fingerprint density at radius 2 is 1.45 bits per heavy atom. The lowest BCUT2D eigenvalue weighted by Gasteiger charge is -2.30. The van der Waals surface area contributed by atoms with Crippen LogP contribution in [0.2, 0.25) is 0 Å². The maximum Gasteiger partial charge on any atom is 0.255 e. The van der Waals surface area contributed by atoms with Crippen LogP contribution < -0.4 is 10.2 Å². The van der Waals surface area contributed by atoms with Gasteiger partial charge in [-0.3, -0.25) is 4.79 Å². The Kier molecular flexibility index (Phi) is 21.8. The number of unbranched alkanes of at least 4 members (excludes halogenated alkanes) is 3. The maximum atomic E-state index is 13.2. The molecule has 2 aromatic carbocycles. The Morgan fingerprint density at radius 3 is 1.98 bits per heavy atom. The molecule has 0 bridgehead atoms. The SMILES string of the molecule is CCCCC.CCCCC(CC)CN(CCCOCC(CC)CC)c1ccc(C(C#N)=C(C#N)C#N)c(NC(=O)c2ccccc2)c1. The Bertz CT molecular complexity index is 1310. The van der Waals surface area contributed by atoms with Gasteiger partial charge < -0.3 is 15.0 Å². The number of nitriles is 3. The van der Waals surface area contributed by atoms with E-state index in [2.05, 4.69) is 51.8 Å². The van der Waals surface area contributed by atoms with Crippen molar-refractivity contribution < 1.29 is 9.53 Å². The number of carbonyl (C=O) groups is 1. The fourth-order valence-electron chi connectivity index (χ4n) is 5.26. The molecule has 254 valence electrons. The molecule has 0 saturated heterocycles. The molecule has 1 N–H and O–H groups in total. The molecule has 2 aromatic rings. The van der Waals surface area contributed by atoms with E-state index in [0.29, 0.717) is 35.3 Å². The van der Waals surface area contributed by atoms with Gasteiger partial charge >= 0.3 is 0 Å². The van der Waals surface area contributed by atoms with Crippen molar-refractivity contribution in [3.63, 3.8) is 0 Å². The van der Waals surface area contributed by atoms with Crippen LogP contribution in [0.5, 0.6) is 0 Å². The average molecular weight is 640 g/mol. The number of allylic oxidation sites excluding steroid dienone is 2. The Balaban J connectivity index is 0.00000204. The number of rotatable bonds is 20. The molecule has 0 aliphatic carbocycles. The number of hydrogen-bond acceptors (Lipinski definition) is 6. The van der Waals surface area contributed by atoms with Gasteiger partial charge in [-0.05, 0) is 55.0 Å². The quantitative estimate of drug-likeness (QED) is 0.114. The highest BCUT2D eigenvalue weighted by Gasteiger charge is 2.20. The number of hydrogen-bond donors (Lipinski definition) is 1. The molecular formula is C40H57N5O2. The molecule has 0 aliphatic heterocycles. The van der Waals surface area contributed by atoms with Gasteiger partial charge in [-0.2, -0.15) is 15.8 Å². The molecule has 0 aromatic heterocycles. The topological polar surface area (TPSA) is 113 Å². The second kappa shape index (κ2) is 25.0. The number of anilines is 2. The third-order valence-electron chi connectivity index (χ3n) is 8.46. The van der Waals surface area contributed by atoms with Crippen LogP contribution in [0.25, 0.3) is 5.57 Å². The van der Waals surface area contributed by atoms with E-state index < -0.39 is 0 Å². The summed E-state index contributed by atoms with van der Waals surface area (Å²) in [7, 11) is 0. The van der Waals surface area contributed by atoms with Crippen molar-refractivity contribution in [2.24, 2.45) is 11.8 Å². The molecule has 0 saturated carbocycles. The first-order chi connectivity index (χ1) is 22.9. The monoisotopic (exact) mass is 639 g/mol. The highest BCUT2D eigenvalue weighted by molar-refractivity contribution is 6.06. The fourth-order valence-corrected chi connectivity index (χ4v) is 5.26. The van der Waals surface area contributed by atoms with E-state index in [1.807, 2.05) is 36.4 Å². The first kappa shape index (κ1) is 40.9. The summed E-state index contributed by atoms with van der Waals surface area (Å²) in [6, 6.07) is 20.0. The molecule has 1 unspecified atom stereocenters. The van der Waals surface area contributed by atoms with Gasteiger partial charge in [0.05, 0.1) is 11.3 Å². The van der Waals surface area contributed by atoms with Crippen molar-refractivity contribution in [2.45, 2.75) is 106 Å². The van der Waals surface area contributed by atoms with E-state index in [1.54, 1.807) is 30.3 Å². The van der Waals surface area contributed by atoms with E-state index in [0.717, 1.165) is 63.9 Å². The van der Waals surface area contributed by atoms with E-state index in [1.165, 1.54) is 25.7 Å². The molecule has 0 fully saturated rings. The first-order valence-corrected chi connectivity index (χ1v) is 17.6. The van der Waals surface area contributed by atoms with E-state index in [-0.39, 0.29) is 17.1 Å². The minimum absolute atomic E-state index is 0.0642. The minimum Gasteiger partial charge on any atom is -0.381 e. The number of amides is 1. The lowest BCUT2D eigenvalue weighted by atomic mass is 9.97. The smallest absolute Gasteiger partial charge is 0.255 e. The Morgan fingerprint density at radius 1 is 0.809 bits per heavy atom. The fraction of sp³-hybridized carbons (Fsp3) is 0.550. The molecule has 0 spiro atoms. The van der Waals surface area contributed by atoms with Crippen molar-refractivity contribution in [3.8, 4) is 18.2 Å². The van der Waals surface area contributed by atoms with E-state index in [9.17, 15) is 20.6 Å². The number of nitrogens with one attached hydrogen (secondary N) is 1. The second-order valence-electron chi connectivity index (χ2n) is 12.0. The van der Waals surface area contributed by atoms with Crippen molar-refractivity contribution in [1.29, 1.82) is 15.8 Å². The molecule has 1 amide bonds. The average Bonchev–Trinajstić information content (AvgIpc) is 3.10. The number of carbonyl (C=O) groups excluding carboxylic acids is 1. The van der Waals surface area contributed by atoms with Crippen LogP contribution in [0.1, 0.15) is 122 Å². The standard InChI is InChI=1S/C35H45N5O2.C5H12/c1-5-9-14-28(8-4)25-40(19-13-20-42-26-27(6-2)7-3)31-17-18-32(33(24-38)30(22-36)23-37)34(21-31)39-35(41)29-15-11-10-12-16-29;1-3-5-4-2/h10-12,15-18,21,27-28H,5-9,13-14,19-20,25-26H2,1-4H3,(H,39,41);3-5H2,1-2H3. The summed E-state index contributed by atoms with van der Waals surface area (Å²) in [5.74, 6) is 0.755. The maximum absolute atomic E-state index is 13.2. The number of ether oxygens (including phenoxy) is 1. The van der Waals surface area contributed by atoms with Crippen molar-refractivity contribution in [2.75, 3.05) is 36.5 Å². The molecule has 1 atom stereocenters. The summed E-state index contributed by atoms with van der Waals surface area (Å²) in [4.78, 5) is 15.5. The Labute approximate surface area is 285 Å². The number of benzene rings is 2. The number of nitrogens with zero attached hydrogens (tertiary/aromatic N) is 4. The highest BCUT2D eigenvalue weighted by atomic mass is 16.5. The van der Waals surface area contributed by atoms with E-state index >= 15 is 0 Å². The summed E-state index contributed by atoms with van der Waals surface area (Å²) in [5.41, 5.74) is 1.75.